The predicted octanol–water partition coefficient (Wildman–Crippen LogP) is 4.16. The van der Waals surface area contributed by atoms with Crippen molar-refractivity contribution in [3.63, 3.8) is 0 Å². The summed E-state index contributed by atoms with van der Waals surface area (Å²) < 4.78 is 6.08. The lowest BCUT2D eigenvalue weighted by molar-refractivity contribution is -0.384. The molecule has 0 aliphatic carbocycles. The van der Waals surface area contributed by atoms with Gasteiger partial charge in [0.25, 0.3) is 5.69 Å². The van der Waals surface area contributed by atoms with Gasteiger partial charge in [-0.2, -0.15) is 4.98 Å². The fourth-order valence-corrected chi connectivity index (χ4v) is 2.01. The van der Waals surface area contributed by atoms with Crippen LogP contribution in [0.3, 0.4) is 0 Å². The fourth-order valence-electron chi connectivity index (χ4n) is 1.45. The summed E-state index contributed by atoms with van der Waals surface area (Å²) >= 11 is 9.21. The molecule has 1 aromatic carbocycles. The molecule has 8 heteroatoms. The van der Waals surface area contributed by atoms with Crippen molar-refractivity contribution in [2.24, 2.45) is 0 Å². The van der Waals surface area contributed by atoms with Crippen LogP contribution in [0.1, 0.15) is 12.7 Å². The molecule has 104 valence electrons. The van der Waals surface area contributed by atoms with Crippen LogP contribution in [-0.2, 0) is 6.42 Å². The van der Waals surface area contributed by atoms with E-state index in [9.17, 15) is 10.1 Å². The third kappa shape index (κ3) is 3.43. The highest BCUT2D eigenvalue weighted by Gasteiger charge is 2.13. The van der Waals surface area contributed by atoms with Crippen molar-refractivity contribution in [3.05, 3.63) is 49.8 Å². The molecule has 0 bridgehead atoms. The number of aromatic nitrogens is 2. The van der Waals surface area contributed by atoms with Crippen molar-refractivity contribution in [1.29, 1.82) is 0 Å². The van der Waals surface area contributed by atoms with Gasteiger partial charge in [0.1, 0.15) is 10.4 Å². The molecule has 0 aliphatic rings. The quantitative estimate of drug-likeness (QED) is 0.466. The van der Waals surface area contributed by atoms with Gasteiger partial charge >= 0.3 is 0 Å². The summed E-state index contributed by atoms with van der Waals surface area (Å²) in [5, 5.41) is 11.0. The molecule has 0 atom stereocenters. The Bertz CT molecular complexity index is 666. The Hall–Kier alpha value is -1.73. The van der Waals surface area contributed by atoms with Gasteiger partial charge in [-0.15, -0.1) is 0 Å². The number of aryl methyl sites for hydroxylation is 1. The lowest BCUT2D eigenvalue weighted by Crippen LogP contribution is -1.97. The summed E-state index contributed by atoms with van der Waals surface area (Å²) in [5.41, 5.74) is -0.103. The number of non-ortho nitro benzene ring substituents is 1. The van der Waals surface area contributed by atoms with E-state index in [1.165, 1.54) is 18.2 Å². The first-order valence-electron chi connectivity index (χ1n) is 5.65. The van der Waals surface area contributed by atoms with Crippen LogP contribution in [0.2, 0.25) is 5.02 Å². The van der Waals surface area contributed by atoms with Gasteiger partial charge in [-0.05, 0) is 22.0 Å². The van der Waals surface area contributed by atoms with Gasteiger partial charge in [-0.3, -0.25) is 10.1 Å². The minimum atomic E-state index is -0.517. The molecule has 0 fully saturated rings. The monoisotopic (exact) mass is 357 g/mol. The van der Waals surface area contributed by atoms with E-state index in [2.05, 4.69) is 25.9 Å². The fraction of sp³-hybridized carbons (Fsp3) is 0.167. The largest absolute Gasteiger partial charge is 0.437 e. The van der Waals surface area contributed by atoms with Crippen molar-refractivity contribution >= 4 is 33.2 Å². The third-order valence-electron chi connectivity index (χ3n) is 2.37. The first-order valence-corrected chi connectivity index (χ1v) is 6.82. The number of hydrogen-bond acceptors (Lipinski definition) is 5. The lowest BCUT2D eigenvalue weighted by Gasteiger charge is -2.07. The molecule has 1 aromatic heterocycles. The normalized spacial score (nSPS) is 10.3. The standard InChI is InChI=1S/C12H9BrClN3O3/c1-2-11-15-10(13)6-12(16-11)20-9-5-7(17(18)19)3-4-8(9)14/h3-6H,2H2,1H3. The van der Waals surface area contributed by atoms with E-state index in [0.29, 0.717) is 16.8 Å². The highest BCUT2D eigenvalue weighted by molar-refractivity contribution is 9.10. The number of halogens is 2. The summed E-state index contributed by atoms with van der Waals surface area (Å²) in [6.07, 6.45) is 0.637. The molecule has 1 heterocycles. The Balaban J connectivity index is 2.36. The van der Waals surface area contributed by atoms with E-state index in [-0.39, 0.29) is 22.3 Å². The number of hydrogen-bond donors (Lipinski definition) is 0. The SMILES string of the molecule is CCc1nc(Br)cc(Oc2cc([N+](=O)[O-])ccc2Cl)n1. The van der Waals surface area contributed by atoms with Crippen LogP contribution in [0, 0.1) is 10.1 Å². The molecule has 0 saturated carbocycles. The predicted molar refractivity (Wildman–Crippen MR) is 77.3 cm³/mol. The second-order valence-electron chi connectivity index (χ2n) is 3.77. The summed E-state index contributed by atoms with van der Waals surface area (Å²) in [5.74, 6) is 1.04. The van der Waals surface area contributed by atoms with E-state index >= 15 is 0 Å². The second kappa shape index (κ2) is 6.15. The maximum Gasteiger partial charge on any atom is 0.273 e. The number of rotatable bonds is 4. The Labute approximate surface area is 128 Å². The molecule has 0 unspecified atom stereocenters. The summed E-state index contributed by atoms with van der Waals surface area (Å²) in [4.78, 5) is 18.5. The third-order valence-corrected chi connectivity index (χ3v) is 3.09. The number of nitro groups is 1. The van der Waals surface area contributed by atoms with Gasteiger partial charge in [0.15, 0.2) is 5.75 Å². The van der Waals surface area contributed by atoms with Gasteiger partial charge in [0, 0.05) is 18.6 Å². The van der Waals surface area contributed by atoms with Crippen LogP contribution >= 0.6 is 27.5 Å². The van der Waals surface area contributed by atoms with E-state index in [1.54, 1.807) is 6.07 Å². The maximum absolute atomic E-state index is 10.7. The lowest BCUT2D eigenvalue weighted by atomic mass is 10.3. The van der Waals surface area contributed by atoms with Crippen LogP contribution in [0.4, 0.5) is 5.69 Å². The van der Waals surface area contributed by atoms with E-state index in [1.807, 2.05) is 6.92 Å². The summed E-state index contributed by atoms with van der Waals surface area (Å²) in [7, 11) is 0. The molecule has 0 amide bonds. The zero-order chi connectivity index (χ0) is 14.7. The number of nitro benzene ring substituents is 1. The first-order chi connectivity index (χ1) is 9.49. The highest BCUT2D eigenvalue weighted by atomic mass is 79.9. The molecule has 6 nitrogen and oxygen atoms in total. The minimum absolute atomic E-state index is 0.103. The van der Waals surface area contributed by atoms with E-state index < -0.39 is 4.92 Å². The van der Waals surface area contributed by atoms with Gasteiger partial charge < -0.3 is 4.74 Å². The van der Waals surface area contributed by atoms with E-state index in [0.717, 1.165) is 0 Å². The Morgan fingerprint density at radius 3 is 2.80 bits per heavy atom. The van der Waals surface area contributed by atoms with Crippen LogP contribution in [0.15, 0.2) is 28.9 Å². The molecular formula is C12H9BrClN3O3. The molecule has 0 N–H and O–H groups in total. The van der Waals surface area contributed by atoms with Gasteiger partial charge in [-0.1, -0.05) is 18.5 Å². The van der Waals surface area contributed by atoms with Crippen LogP contribution in [-0.4, -0.2) is 14.9 Å². The van der Waals surface area contributed by atoms with Crippen LogP contribution in [0.5, 0.6) is 11.6 Å². The average Bonchev–Trinajstić information content (AvgIpc) is 2.40. The Kier molecular flexibility index (Phi) is 4.51. The van der Waals surface area contributed by atoms with E-state index in [4.69, 9.17) is 16.3 Å². The van der Waals surface area contributed by atoms with Crippen molar-refractivity contribution in [2.75, 3.05) is 0 Å². The molecular weight excluding hydrogens is 350 g/mol. The van der Waals surface area contributed by atoms with Gasteiger partial charge in [0.2, 0.25) is 5.88 Å². The second-order valence-corrected chi connectivity index (χ2v) is 4.99. The molecule has 0 radical (unpaired) electrons. The molecule has 20 heavy (non-hydrogen) atoms. The van der Waals surface area contributed by atoms with Crippen molar-refractivity contribution in [1.82, 2.24) is 9.97 Å². The first kappa shape index (κ1) is 14.7. The van der Waals surface area contributed by atoms with Gasteiger partial charge in [0.05, 0.1) is 16.0 Å². The minimum Gasteiger partial charge on any atom is -0.437 e. The van der Waals surface area contributed by atoms with Crippen molar-refractivity contribution < 1.29 is 9.66 Å². The molecule has 0 saturated heterocycles. The van der Waals surface area contributed by atoms with Crippen LogP contribution in [0.25, 0.3) is 0 Å². The number of benzene rings is 1. The summed E-state index contributed by atoms with van der Waals surface area (Å²) in [6, 6.07) is 5.53. The molecule has 2 aromatic rings. The zero-order valence-electron chi connectivity index (χ0n) is 10.3. The van der Waals surface area contributed by atoms with Crippen LogP contribution < -0.4 is 4.74 Å². The molecule has 0 aliphatic heterocycles. The zero-order valence-corrected chi connectivity index (χ0v) is 12.7. The highest BCUT2D eigenvalue weighted by Crippen LogP contribution is 2.32. The maximum atomic E-state index is 10.7. The summed E-state index contributed by atoms with van der Waals surface area (Å²) in [6.45, 7) is 1.91. The van der Waals surface area contributed by atoms with Crippen molar-refractivity contribution in [3.8, 4) is 11.6 Å². The number of nitrogens with zero attached hydrogens (tertiary/aromatic N) is 3. The molecule has 0 spiro atoms. The van der Waals surface area contributed by atoms with Gasteiger partial charge in [-0.25, -0.2) is 4.98 Å². The smallest absolute Gasteiger partial charge is 0.273 e. The molecule has 2 rings (SSSR count). The van der Waals surface area contributed by atoms with Crippen molar-refractivity contribution in [2.45, 2.75) is 13.3 Å². The Morgan fingerprint density at radius 1 is 1.40 bits per heavy atom. The Morgan fingerprint density at radius 2 is 2.15 bits per heavy atom. The topological polar surface area (TPSA) is 78.2 Å². The number of ether oxygens (including phenoxy) is 1. The average molecular weight is 359 g/mol.